The van der Waals surface area contributed by atoms with Gasteiger partial charge < -0.3 is 15.0 Å². The van der Waals surface area contributed by atoms with Crippen LogP contribution in [0.5, 0.6) is 0 Å². The topological polar surface area (TPSA) is 103 Å². The van der Waals surface area contributed by atoms with E-state index in [0.717, 1.165) is 0 Å². The Morgan fingerprint density at radius 3 is 2.75 bits per heavy atom. The number of carbonyl (C=O) groups is 1. The fraction of sp³-hybridized carbons (Fsp3) is 0.636. The number of anilines is 1. The number of nitrogens with zero attached hydrogens (tertiary/aromatic N) is 4. The van der Waals surface area contributed by atoms with Crippen LogP contribution in [-0.4, -0.2) is 47.0 Å². The second-order valence-electron chi connectivity index (χ2n) is 4.63. The monoisotopic (exact) mass is 283 g/mol. The lowest BCUT2D eigenvalue weighted by Gasteiger charge is -2.32. The lowest BCUT2D eigenvalue weighted by molar-refractivity contribution is -0.384. The van der Waals surface area contributed by atoms with E-state index in [2.05, 4.69) is 15.2 Å². The number of piperidine rings is 1. The van der Waals surface area contributed by atoms with Gasteiger partial charge in [-0.05, 0) is 12.8 Å². The number of hydrogen-bond donors (Lipinski definition) is 1. The Labute approximate surface area is 115 Å². The number of rotatable bonds is 3. The van der Waals surface area contributed by atoms with E-state index in [0.29, 0.717) is 31.7 Å². The van der Waals surface area contributed by atoms with Crippen molar-refractivity contribution in [3.63, 3.8) is 0 Å². The Morgan fingerprint density at radius 1 is 1.55 bits per heavy atom. The number of hydrogen-bond acceptors (Lipinski definition) is 6. The lowest BCUT2D eigenvalue weighted by atomic mass is 10.1. The standard InChI is InChI=1S/C11H17N5O4/c1-14-10(9(7-12-14)16(18)19)15-5-3-8(4-6-15)13-11(17)20-2/h7-8H,3-6H2,1-2H3,(H,13,17). The van der Waals surface area contributed by atoms with Crippen molar-refractivity contribution in [2.45, 2.75) is 18.9 Å². The molecule has 20 heavy (non-hydrogen) atoms. The van der Waals surface area contributed by atoms with E-state index in [-0.39, 0.29) is 11.7 Å². The Morgan fingerprint density at radius 2 is 2.20 bits per heavy atom. The van der Waals surface area contributed by atoms with Gasteiger partial charge in [-0.1, -0.05) is 0 Å². The van der Waals surface area contributed by atoms with Gasteiger partial charge in [-0.15, -0.1) is 0 Å². The van der Waals surface area contributed by atoms with Crippen molar-refractivity contribution in [3.05, 3.63) is 16.3 Å². The van der Waals surface area contributed by atoms with Crippen LogP contribution in [0, 0.1) is 10.1 Å². The number of nitrogens with one attached hydrogen (secondary N) is 1. The van der Waals surface area contributed by atoms with Crippen molar-refractivity contribution in [3.8, 4) is 0 Å². The van der Waals surface area contributed by atoms with Crippen LogP contribution < -0.4 is 10.2 Å². The van der Waals surface area contributed by atoms with Gasteiger partial charge in [-0.25, -0.2) is 9.48 Å². The predicted octanol–water partition coefficient (Wildman–Crippen LogP) is 0.653. The third kappa shape index (κ3) is 2.81. The maximum atomic E-state index is 11.1. The first kappa shape index (κ1) is 14.1. The maximum Gasteiger partial charge on any atom is 0.407 e. The number of aryl methyl sites for hydroxylation is 1. The van der Waals surface area contributed by atoms with Crippen LogP contribution in [0.1, 0.15) is 12.8 Å². The normalized spacial score (nSPS) is 16.0. The van der Waals surface area contributed by atoms with Gasteiger partial charge in [0.25, 0.3) is 0 Å². The van der Waals surface area contributed by atoms with Gasteiger partial charge in [0.05, 0.1) is 12.0 Å². The molecule has 1 aliphatic heterocycles. The van der Waals surface area contributed by atoms with Gasteiger partial charge >= 0.3 is 11.8 Å². The zero-order chi connectivity index (χ0) is 14.7. The number of alkyl carbamates (subject to hydrolysis) is 1. The number of amides is 1. The van der Waals surface area contributed by atoms with Crippen molar-refractivity contribution < 1.29 is 14.5 Å². The van der Waals surface area contributed by atoms with Crippen LogP contribution in [0.2, 0.25) is 0 Å². The van der Waals surface area contributed by atoms with Crippen LogP contribution >= 0.6 is 0 Å². The summed E-state index contributed by atoms with van der Waals surface area (Å²) >= 11 is 0. The van der Waals surface area contributed by atoms with Gasteiger partial charge in [0, 0.05) is 26.2 Å². The van der Waals surface area contributed by atoms with Crippen molar-refractivity contribution in [1.29, 1.82) is 0 Å². The van der Waals surface area contributed by atoms with Crippen molar-refractivity contribution in [1.82, 2.24) is 15.1 Å². The van der Waals surface area contributed by atoms with Gasteiger partial charge in [-0.2, -0.15) is 5.10 Å². The molecule has 1 aromatic rings. The summed E-state index contributed by atoms with van der Waals surface area (Å²) < 4.78 is 6.06. The first-order chi connectivity index (χ1) is 9.52. The van der Waals surface area contributed by atoms with E-state index in [1.807, 2.05) is 4.90 Å². The number of carbonyl (C=O) groups excluding carboxylic acids is 1. The van der Waals surface area contributed by atoms with E-state index in [1.54, 1.807) is 7.05 Å². The molecule has 0 bridgehead atoms. The van der Waals surface area contributed by atoms with Crippen molar-refractivity contribution in [2.75, 3.05) is 25.1 Å². The number of nitro groups is 1. The summed E-state index contributed by atoms with van der Waals surface area (Å²) in [6, 6.07) is 0.0333. The summed E-state index contributed by atoms with van der Waals surface area (Å²) in [5, 5.41) is 17.7. The van der Waals surface area contributed by atoms with Crippen molar-refractivity contribution >= 4 is 17.6 Å². The van der Waals surface area contributed by atoms with Crippen LogP contribution in [0.25, 0.3) is 0 Å². The summed E-state index contributed by atoms with van der Waals surface area (Å²) in [6.45, 7) is 1.24. The van der Waals surface area contributed by atoms with E-state index in [4.69, 9.17) is 0 Å². The molecule has 0 aliphatic carbocycles. The van der Waals surface area contributed by atoms with Crippen LogP contribution in [0.15, 0.2) is 6.20 Å². The maximum absolute atomic E-state index is 11.1. The zero-order valence-corrected chi connectivity index (χ0v) is 11.4. The minimum atomic E-state index is -0.449. The Balaban J connectivity index is 2.02. The fourth-order valence-corrected chi connectivity index (χ4v) is 2.38. The van der Waals surface area contributed by atoms with E-state index < -0.39 is 11.0 Å². The van der Waals surface area contributed by atoms with E-state index >= 15 is 0 Å². The quantitative estimate of drug-likeness (QED) is 0.645. The highest BCUT2D eigenvalue weighted by Crippen LogP contribution is 2.29. The summed E-state index contributed by atoms with van der Waals surface area (Å²) in [5.41, 5.74) is 0.00637. The molecule has 2 heterocycles. The second kappa shape index (κ2) is 5.76. The third-order valence-electron chi connectivity index (χ3n) is 3.39. The highest BCUT2D eigenvalue weighted by Gasteiger charge is 2.28. The Bertz CT molecular complexity index is 507. The minimum absolute atomic E-state index is 0.00637. The first-order valence-corrected chi connectivity index (χ1v) is 6.28. The highest BCUT2D eigenvalue weighted by molar-refractivity contribution is 5.67. The van der Waals surface area contributed by atoms with Gasteiger partial charge in [0.2, 0.25) is 5.82 Å². The van der Waals surface area contributed by atoms with Crippen LogP contribution in [-0.2, 0) is 11.8 Å². The lowest BCUT2D eigenvalue weighted by Crippen LogP contribution is -2.45. The first-order valence-electron chi connectivity index (χ1n) is 6.28. The molecule has 0 unspecified atom stereocenters. The SMILES string of the molecule is COC(=O)NC1CCN(c2c([N+](=O)[O-])cnn2C)CC1. The van der Waals surface area contributed by atoms with Crippen LogP contribution in [0.4, 0.5) is 16.3 Å². The smallest absolute Gasteiger partial charge is 0.407 e. The Kier molecular flexibility index (Phi) is 4.06. The summed E-state index contributed by atoms with van der Waals surface area (Å²) in [4.78, 5) is 23.6. The minimum Gasteiger partial charge on any atom is -0.453 e. The molecule has 0 radical (unpaired) electrons. The predicted molar refractivity (Wildman–Crippen MR) is 70.6 cm³/mol. The largest absolute Gasteiger partial charge is 0.453 e. The molecule has 1 amide bonds. The molecule has 0 saturated carbocycles. The molecule has 1 saturated heterocycles. The molecule has 1 aromatic heterocycles. The molecule has 1 fully saturated rings. The van der Waals surface area contributed by atoms with Gasteiger partial charge in [-0.3, -0.25) is 10.1 Å². The molecular formula is C11H17N5O4. The molecule has 2 rings (SSSR count). The molecule has 0 spiro atoms. The van der Waals surface area contributed by atoms with Gasteiger partial charge in [0.15, 0.2) is 0 Å². The Hall–Kier alpha value is -2.32. The number of ether oxygens (including phenoxy) is 1. The highest BCUT2D eigenvalue weighted by atomic mass is 16.6. The number of methoxy groups -OCH3 is 1. The molecule has 9 heteroatoms. The van der Waals surface area contributed by atoms with E-state index in [1.165, 1.54) is 18.0 Å². The number of aromatic nitrogens is 2. The van der Waals surface area contributed by atoms with Crippen LogP contribution in [0.3, 0.4) is 0 Å². The molecule has 0 atom stereocenters. The molecule has 9 nitrogen and oxygen atoms in total. The second-order valence-corrected chi connectivity index (χ2v) is 4.63. The van der Waals surface area contributed by atoms with Crippen molar-refractivity contribution in [2.24, 2.45) is 7.05 Å². The zero-order valence-electron chi connectivity index (χ0n) is 11.4. The van der Waals surface area contributed by atoms with E-state index in [9.17, 15) is 14.9 Å². The molecule has 1 aliphatic rings. The average molecular weight is 283 g/mol. The third-order valence-corrected chi connectivity index (χ3v) is 3.39. The molecule has 1 N–H and O–H groups in total. The summed E-state index contributed by atoms with van der Waals surface area (Å²) in [6.07, 6.45) is 2.22. The molecular weight excluding hydrogens is 266 g/mol. The summed E-state index contributed by atoms with van der Waals surface area (Å²) in [7, 11) is 3.00. The summed E-state index contributed by atoms with van der Waals surface area (Å²) in [5.74, 6) is 0.506. The van der Waals surface area contributed by atoms with Gasteiger partial charge in [0.1, 0.15) is 6.20 Å². The average Bonchev–Trinajstić information content (AvgIpc) is 2.81. The molecule has 0 aromatic carbocycles. The molecule has 110 valence electrons. The fourth-order valence-electron chi connectivity index (χ4n) is 2.38.